The zero-order valence-electron chi connectivity index (χ0n) is 12.5. The molecule has 4 heteroatoms. The summed E-state index contributed by atoms with van der Waals surface area (Å²) in [5, 5.41) is 3.41. The predicted molar refractivity (Wildman–Crippen MR) is 89.3 cm³/mol. The highest BCUT2D eigenvalue weighted by molar-refractivity contribution is 9.10. The minimum Gasteiger partial charge on any atom is -0.311 e. The first kappa shape index (κ1) is 14.7. The standard InChI is InChI=1S/C17H20BrN3/c1-3-4-15-13-7-8-19-10-16(13)21-17(20-15)12-6-5-11(2)14(18)9-12/h5-6,9,19H,3-4,7-8,10H2,1-2H3. The SMILES string of the molecule is CCCc1nc(-c2ccc(C)c(Br)c2)nc2c1CCNC2. The summed E-state index contributed by atoms with van der Waals surface area (Å²) in [6.45, 7) is 6.18. The summed E-state index contributed by atoms with van der Waals surface area (Å²) in [4.78, 5) is 9.66. The van der Waals surface area contributed by atoms with Crippen LogP contribution in [0.2, 0.25) is 0 Å². The molecule has 1 aromatic carbocycles. The van der Waals surface area contributed by atoms with Crippen molar-refractivity contribution in [3.63, 3.8) is 0 Å². The van der Waals surface area contributed by atoms with Crippen molar-refractivity contribution in [1.82, 2.24) is 15.3 Å². The number of hydrogen-bond acceptors (Lipinski definition) is 3. The van der Waals surface area contributed by atoms with Crippen LogP contribution in [0.25, 0.3) is 11.4 Å². The fourth-order valence-corrected chi connectivity index (χ4v) is 3.12. The lowest BCUT2D eigenvalue weighted by molar-refractivity contribution is 0.614. The van der Waals surface area contributed by atoms with Crippen LogP contribution in [0.5, 0.6) is 0 Å². The van der Waals surface area contributed by atoms with Gasteiger partial charge in [0.1, 0.15) is 0 Å². The average Bonchev–Trinajstić information content (AvgIpc) is 2.50. The molecule has 1 N–H and O–H groups in total. The number of nitrogens with one attached hydrogen (secondary N) is 1. The number of rotatable bonds is 3. The van der Waals surface area contributed by atoms with Gasteiger partial charge in [0.2, 0.25) is 0 Å². The van der Waals surface area contributed by atoms with Gasteiger partial charge in [-0.3, -0.25) is 0 Å². The van der Waals surface area contributed by atoms with Crippen LogP contribution in [0, 0.1) is 6.92 Å². The molecule has 21 heavy (non-hydrogen) atoms. The van der Waals surface area contributed by atoms with Crippen molar-refractivity contribution < 1.29 is 0 Å². The molecule has 0 bridgehead atoms. The van der Waals surface area contributed by atoms with Crippen LogP contribution in [-0.4, -0.2) is 16.5 Å². The lowest BCUT2D eigenvalue weighted by Crippen LogP contribution is -2.26. The second kappa shape index (κ2) is 6.24. The molecule has 110 valence electrons. The van der Waals surface area contributed by atoms with Crippen molar-refractivity contribution in [1.29, 1.82) is 0 Å². The number of nitrogens with zero attached hydrogens (tertiary/aromatic N) is 2. The maximum atomic E-state index is 4.86. The van der Waals surface area contributed by atoms with Gasteiger partial charge in [-0.1, -0.05) is 41.4 Å². The molecule has 1 aliphatic rings. The summed E-state index contributed by atoms with van der Waals surface area (Å²) in [6, 6.07) is 6.33. The van der Waals surface area contributed by atoms with E-state index in [1.54, 1.807) is 0 Å². The second-order valence-corrected chi connectivity index (χ2v) is 6.41. The van der Waals surface area contributed by atoms with Crippen LogP contribution in [-0.2, 0) is 19.4 Å². The fraction of sp³-hybridized carbons (Fsp3) is 0.412. The molecule has 0 unspecified atom stereocenters. The van der Waals surface area contributed by atoms with E-state index in [1.807, 2.05) is 0 Å². The van der Waals surface area contributed by atoms with Crippen LogP contribution >= 0.6 is 15.9 Å². The highest BCUT2D eigenvalue weighted by Crippen LogP contribution is 2.26. The Balaban J connectivity index is 2.09. The Morgan fingerprint density at radius 3 is 2.90 bits per heavy atom. The largest absolute Gasteiger partial charge is 0.311 e. The first-order valence-corrected chi connectivity index (χ1v) is 8.34. The summed E-state index contributed by atoms with van der Waals surface area (Å²) in [6.07, 6.45) is 3.20. The first-order valence-electron chi connectivity index (χ1n) is 7.55. The van der Waals surface area contributed by atoms with Gasteiger partial charge in [-0.25, -0.2) is 9.97 Å². The summed E-state index contributed by atoms with van der Waals surface area (Å²) in [5.41, 5.74) is 6.08. The Morgan fingerprint density at radius 2 is 2.14 bits per heavy atom. The number of hydrogen-bond donors (Lipinski definition) is 1. The van der Waals surface area contributed by atoms with E-state index in [4.69, 9.17) is 9.97 Å². The normalized spacial score (nSPS) is 14.0. The van der Waals surface area contributed by atoms with Crippen molar-refractivity contribution in [2.45, 2.75) is 39.7 Å². The van der Waals surface area contributed by atoms with E-state index < -0.39 is 0 Å². The van der Waals surface area contributed by atoms with Crippen LogP contribution in [0.3, 0.4) is 0 Å². The zero-order chi connectivity index (χ0) is 14.8. The number of fused-ring (bicyclic) bond motifs is 1. The van der Waals surface area contributed by atoms with E-state index in [2.05, 4.69) is 53.3 Å². The van der Waals surface area contributed by atoms with Crippen molar-refractivity contribution in [3.05, 3.63) is 45.2 Å². The molecule has 1 aromatic heterocycles. The molecule has 3 nitrogen and oxygen atoms in total. The minimum atomic E-state index is 0.849. The van der Waals surface area contributed by atoms with Gasteiger partial charge in [0.25, 0.3) is 0 Å². The second-order valence-electron chi connectivity index (χ2n) is 5.56. The molecule has 1 aliphatic heterocycles. The average molecular weight is 346 g/mol. The third-order valence-corrected chi connectivity index (χ3v) is 4.79. The van der Waals surface area contributed by atoms with E-state index in [9.17, 15) is 0 Å². The Hall–Kier alpha value is -1.26. The molecule has 0 aliphatic carbocycles. The number of halogens is 1. The Morgan fingerprint density at radius 1 is 1.29 bits per heavy atom. The number of aromatic nitrogens is 2. The van der Waals surface area contributed by atoms with E-state index >= 15 is 0 Å². The van der Waals surface area contributed by atoms with Crippen LogP contribution in [0.4, 0.5) is 0 Å². The highest BCUT2D eigenvalue weighted by atomic mass is 79.9. The van der Waals surface area contributed by atoms with Crippen molar-refractivity contribution in [2.75, 3.05) is 6.54 Å². The van der Waals surface area contributed by atoms with Crippen LogP contribution in [0.1, 0.15) is 35.9 Å². The fourth-order valence-electron chi connectivity index (χ4n) is 2.74. The lowest BCUT2D eigenvalue weighted by atomic mass is 10.0. The number of benzene rings is 1. The number of aryl methyl sites for hydroxylation is 2. The molecule has 3 rings (SSSR count). The van der Waals surface area contributed by atoms with E-state index in [1.165, 1.54) is 22.5 Å². The third kappa shape index (κ3) is 3.01. The maximum Gasteiger partial charge on any atom is 0.159 e. The topological polar surface area (TPSA) is 37.8 Å². The van der Waals surface area contributed by atoms with Crippen molar-refractivity contribution >= 4 is 15.9 Å². The van der Waals surface area contributed by atoms with Crippen molar-refractivity contribution in [3.8, 4) is 11.4 Å². The smallest absolute Gasteiger partial charge is 0.159 e. The monoisotopic (exact) mass is 345 g/mol. The molecule has 0 saturated carbocycles. The Labute approximate surface area is 134 Å². The lowest BCUT2D eigenvalue weighted by Gasteiger charge is -2.20. The molecule has 0 saturated heterocycles. The van der Waals surface area contributed by atoms with Crippen LogP contribution in [0.15, 0.2) is 22.7 Å². The predicted octanol–water partition coefficient (Wildman–Crippen LogP) is 3.81. The summed E-state index contributed by atoms with van der Waals surface area (Å²) >= 11 is 3.60. The first-order chi connectivity index (χ1) is 10.2. The molecule has 0 spiro atoms. The molecule has 0 radical (unpaired) electrons. The van der Waals surface area contributed by atoms with Gasteiger partial charge in [-0.15, -0.1) is 0 Å². The van der Waals surface area contributed by atoms with Gasteiger partial charge >= 0.3 is 0 Å². The molecule has 0 fully saturated rings. The van der Waals surface area contributed by atoms with E-state index in [0.29, 0.717) is 0 Å². The minimum absolute atomic E-state index is 0.849. The van der Waals surface area contributed by atoms with Gasteiger partial charge in [-0.2, -0.15) is 0 Å². The van der Waals surface area contributed by atoms with E-state index in [0.717, 1.165) is 48.2 Å². The van der Waals surface area contributed by atoms with Gasteiger partial charge in [0, 0.05) is 22.3 Å². The zero-order valence-corrected chi connectivity index (χ0v) is 14.1. The quantitative estimate of drug-likeness (QED) is 0.918. The van der Waals surface area contributed by atoms with Gasteiger partial charge in [0.15, 0.2) is 5.82 Å². The van der Waals surface area contributed by atoms with Gasteiger partial charge in [-0.05, 0) is 43.5 Å². The summed E-state index contributed by atoms with van der Waals surface area (Å²) in [5.74, 6) is 0.849. The third-order valence-electron chi connectivity index (χ3n) is 3.94. The van der Waals surface area contributed by atoms with Gasteiger partial charge < -0.3 is 5.32 Å². The summed E-state index contributed by atoms with van der Waals surface area (Å²) in [7, 11) is 0. The van der Waals surface area contributed by atoms with Crippen LogP contribution < -0.4 is 5.32 Å². The Kier molecular flexibility index (Phi) is 4.36. The van der Waals surface area contributed by atoms with E-state index in [-0.39, 0.29) is 0 Å². The molecule has 0 atom stereocenters. The molecular weight excluding hydrogens is 326 g/mol. The molecule has 2 heterocycles. The Bertz CT molecular complexity index is 667. The molecular formula is C17H20BrN3. The molecule has 2 aromatic rings. The maximum absolute atomic E-state index is 4.86. The summed E-state index contributed by atoms with van der Waals surface area (Å²) < 4.78 is 1.11. The van der Waals surface area contributed by atoms with Gasteiger partial charge in [0.05, 0.1) is 5.69 Å². The van der Waals surface area contributed by atoms with Crippen molar-refractivity contribution in [2.24, 2.45) is 0 Å². The highest BCUT2D eigenvalue weighted by Gasteiger charge is 2.17. The molecule has 0 amide bonds.